The van der Waals surface area contributed by atoms with E-state index in [1.165, 1.54) is 6.33 Å². The van der Waals surface area contributed by atoms with Crippen LogP contribution in [0.25, 0.3) is 10.9 Å². The molecule has 5 rings (SSSR count). The van der Waals surface area contributed by atoms with E-state index in [1.54, 1.807) is 0 Å². The Bertz CT molecular complexity index is 1180. The quantitative estimate of drug-likeness (QED) is 0.491. The molecule has 2 heterocycles. The van der Waals surface area contributed by atoms with Gasteiger partial charge in [0.2, 0.25) is 0 Å². The lowest BCUT2D eigenvalue weighted by Gasteiger charge is -2.14. The predicted octanol–water partition coefficient (Wildman–Crippen LogP) is 4.74. The van der Waals surface area contributed by atoms with E-state index in [0.717, 1.165) is 27.9 Å². The zero-order chi connectivity index (χ0) is 21.6. The highest BCUT2D eigenvalue weighted by Gasteiger charge is 2.14. The predicted molar refractivity (Wildman–Crippen MR) is 122 cm³/mol. The number of ether oxygens (including phenoxy) is 4. The third-order valence-electron chi connectivity index (χ3n) is 5.04. The summed E-state index contributed by atoms with van der Waals surface area (Å²) in [5.74, 6) is 2.81. The fourth-order valence-corrected chi connectivity index (χ4v) is 3.42. The lowest BCUT2D eigenvalue weighted by Crippen LogP contribution is -2.08. The van der Waals surface area contributed by atoms with Crippen molar-refractivity contribution in [1.29, 1.82) is 0 Å². The van der Waals surface area contributed by atoms with Crippen LogP contribution < -0.4 is 19.5 Å². The van der Waals surface area contributed by atoms with Gasteiger partial charge in [0.25, 0.3) is 0 Å². The topological polar surface area (TPSA) is 74.7 Å². The van der Waals surface area contributed by atoms with Crippen molar-refractivity contribution < 1.29 is 18.9 Å². The second-order valence-corrected chi connectivity index (χ2v) is 7.27. The molecule has 162 valence electrons. The molecule has 0 bridgehead atoms. The summed E-state index contributed by atoms with van der Waals surface area (Å²) >= 11 is 0. The van der Waals surface area contributed by atoms with Gasteiger partial charge in [-0.2, -0.15) is 0 Å². The SMILES string of the molecule is c1ccc(COc2ccc(Nc3ncnc4cc5c(cc34)OCCOCCO5)cc2)cc1. The zero-order valence-corrected chi connectivity index (χ0v) is 17.5. The minimum absolute atomic E-state index is 0.461. The van der Waals surface area contributed by atoms with Gasteiger partial charge in [0, 0.05) is 17.1 Å². The van der Waals surface area contributed by atoms with Crippen LogP contribution in [0.4, 0.5) is 11.5 Å². The standard InChI is InChI=1S/C25H23N3O4/c1-2-4-18(5-3-1)16-32-20-8-6-19(7-9-20)28-25-21-14-23-24(15-22(21)26-17-27-25)31-13-11-29-10-12-30-23/h1-9,14-15,17H,10-13,16H2,(H,26,27,28). The molecular formula is C25H23N3O4. The maximum atomic E-state index is 5.87. The van der Waals surface area contributed by atoms with E-state index < -0.39 is 0 Å². The number of nitrogens with zero attached hydrogens (tertiary/aromatic N) is 2. The summed E-state index contributed by atoms with van der Waals surface area (Å²) in [5.41, 5.74) is 2.80. The van der Waals surface area contributed by atoms with E-state index in [9.17, 15) is 0 Å². The molecule has 3 aromatic carbocycles. The molecule has 1 aliphatic rings. The van der Waals surface area contributed by atoms with E-state index >= 15 is 0 Å². The number of rotatable bonds is 5. The fraction of sp³-hybridized carbons (Fsp3) is 0.200. The van der Waals surface area contributed by atoms with Crippen LogP contribution in [0.1, 0.15) is 5.56 Å². The molecule has 0 spiro atoms. The van der Waals surface area contributed by atoms with E-state index in [-0.39, 0.29) is 0 Å². The largest absolute Gasteiger partial charge is 0.489 e. The Morgan fingerprint density at radius 2 is 1.56 bits per heavy atom. The van der Waals surface area contributed by atoms with Crippen molar-refractivity contribution in [1.82, 2.24) is 9.97 Å². The van der Waals surface area contributed by atoms with Gasteiger partial charge in [-0.1, -0.05) is 30.3 Å². The van der Waals surface area contributed by atoms with Gasteiger partial charge in [0.1, 0.15) is 37.7 Å². The highest BCUT2D eigenvalue weighted by Crippen LogP contribution is 2.35. The molecule has 1 aromatic heterocycles. The third-order valence-corrected chi connectivity index (χ3v) is 5.04. The van der Waals surface area contributed by atoms with Crippen LogP contribution in [0.2, 0.25) is 0 Å². The van der Waals surface area contributed by atoms with Gasteiger partial charge in [0.05, 0.1) is 18.7 Å². The van der Waals surface area contributed by atoms with Crippen LogP contribution in [0.3, 0.4) is 0 Å². The lowest BCUT2D eigenvalue weighted by atomic mass is 10.2. The van der Waals surface area contributed by atoms with E-state index in [0.29, 0.717) is 50.4 Å². The molecule has 1 N–H and O–H groups in total. The molecule has 0 radical (unpaired) electrons. The second-order valence-electron chi connectivity index (χ2n) is 7.27. The first-order valence-electron chi connectivity index (χ1n) is 10.5. The summed E-state index contributed by atoms with van der Waals surface area (Å²) in [6, 6.07) is 21.7. The molecule has 0 unspecified atom stereocenters. The number of benzene rings is 3. The number of anilines is 2. The van der Waals surface area contributed by atoms with Gasteiger partial charge in [-0.15, -0.1) is 0 Å². The van der Waals surface area contributed by atoms with Crippen molar-refractivity contribution in [2.75, 3.05) is 31.7 Å². The molecule has 4 aromatic rings. The number of hydrogen-bond acceptors (Lipinski definition) is 7. The maximum absolute atomic E-state index is 5.87. The van der Waals surface area contributed by atoms with Crippen molar-refractivity contribution in [2.45, 2.75) is 6.61 Å². The van der Waals surface area contributed by atoms with Crippen molar-refractivity contribution >= 4 is 22.4 Å². The second kappa shape index (κ2) is 9.53. The highest BCUT2D eigenvalue weighted by atomic mass is 16.6. The Morgan fingerprint density at radius 1 is 0.812 bits per heavy atom. The highest BCUT2D eigenvalue weighted by molar-refractivity contribution is 5.93. The fourth-order valence-electron chi connectivity index (χ4n) is 3.42. The monoisotopic (exact) mass is 429 g/mol. The van der Waals surface area contributed by atoms with Crippen LogP contribution in [0.5, 0.6) is 17.2 Å². The molecule has 0 fully saturated rings. The van der Waals surface area contributed by atoms with E-state index in [2.05, 4.69) is 15.3 Å². The van der Waals surface area contributed by atoms with Crippen LogP contribution in [0.15, 0.2) is 73.1 Å². The minimum Gasteiger partial charge on any atom is -0.489 e. The van der Waals surface area contributed by atoms with Crippen molar-refractivity contribution in [2.24, 2.45) is 0 Å². The number of hydrogen-bond donors (Lipinski definition) is 1. The molecule has 0 amide bonds. The molecular weight excluding hydrogens is 406 g/mol. The Labute approximate surface area is 185 Å². The smallest absolute Gasteiger partial charge is 0.163 e. The van der Waals surface area contributed by atoms with Crippen molar-refractivity contribution in [3.63, 3.8) is 0 Å². The first-order valence-corrected chi connectivity index (χ1v) is 10.5. The van der Waals surface area contributed by atoms with Crippen LogP contribution in [0, 0.1) is 0 Å². The molecule has 1 aliphatic heterocycles. The number of fused-ring (bicyclic) bond motifs is 2. The van der Waals surface area contributed by atoms with Crippen LogP contribution >= 0.6 is 0 Å². The van der Waals surface area contributed by atoms with Gasteiger partial charge >= 0.3 is 0 Å². The van der Waals surface area contributed by atoms with Crippen molar-refractivity contribution in [3.05, 3.63) is 78.6 Å². The Morgan fingerprint density at radius 3 is 2.34 bits per heavy atom. The summed E-state index contributed by atoms with van der Waals surface area (Å²) in [6.07, 6.45) is 1.54. The minimum atomic E-state index is 0.461. The summed E-state index contributed by atoms with van der Waals surface area (Å²) in [5, 5.41) is 4.21. The molecule has 7 heteroatoms. The Balaban J connectivity index is 1.34. The Hall–Kier alpha value is -3.84. The Kier molecular flexibility index (Phi) is 5.98. The molecule has 0 saturated carbocycles. The van der Waals surface area contributed by atoms with E-state index in [1.807, 2.05) is 66.7 Å². The van der Waals surface area contributed by atoms with Gasteiger partial charge in [-0.05, 0) is 35.9 Å². The summed E-state index contributed by atoms with van der Waals surface area (Å²) in [7, 11) is 0. The maximum Gasteiger partial charge on any atom is 0.163 e. The van der Waals surface area contributed by atoms with E-state index in [4.69, 9.17) is 18.9 Å². The van der Waals surface area contributed by atoms with Crippen LogP contribution in [-0.2, 0) is 11.3 Å². The van der Waals surface area contributed by atoms with Gasteiger partial charge in [-0.3, -0.25) is 0 Å². The van der Waals surface area contributed by atoms with Gasteiger partial charge in [0.15, 0.2) is 11.5 Å². The lowest BCUT2D eigenvalue weighted by molar-refractivity contribution is 0.0877. The summed E-state index contributed by atoms with van der Waals surface area (Å²) < 4.78 is 23.0. The molecule has 0 saturated heterocycles. The number of aromatic nitrogens is 2. The van der Waals surface area contributed by atoms with Crippen molar-refractivity contribution in [3.8, 4) is 17.2 Å². The zero-order valence-electron chi connectivity index (χ0n) is 17.5. The average molecular weight is 429 g/mol. The third kappa shape index (κ3) is 4.73. The summed E-state index contributed by atoms with van der Waals surface area (Å²) in [6.45, 7) is 2.51. The van der Waals surface area contributed by atoms with Gasteiger partial charge in [-0.25, -0.2) is 9.97 Å². The molecule has 0 atom stereocenters. The molecule has 32 heavy (non-hydrogen) atoms. The van der Waals surface area contributed by atoms with Crippen LogP contribution in [-0.4, -0.2) is 36.4 Å². The molecule has 7 nitrogen and oxygen atoms in total. The average Bonchev–Trinajstić information content (AvgIpc) is 2.95. The van der Waals surface area contributed by atoms with Gasteiger partial charge < -0.3 is 24.3 Å². The normalized spacial score (nSPS) is 13.6. The summed E-state index contributed by atoms with van der Waals surface area (Å²) in [4.78, 5) is 8.83. The first kappa shape index (κ1) is 20.1. The molecule has 0 aliphatic carbocycles. The first-order chi connectivity index (χ1) is 15.8. The number of nitrogens with one attached hydrogen (secondary N) is 1.